The van der Waals surface area contributed by atoms with Gasteiger partial charge in [0.25, 0.3) is 0 Å². The van der Waals surface area contributed by atoms with Crippen molar-refractivity contribution in [1.82, 2.24) is 9.71 Å². The van der Waals surface area contributed by atoms with Crippen LogP contribution >= 0.6 is 11.3 Å². The highest BCUT2D eigenvalue weighted by Crippen LogP contribution is 2.20. The van der Waals surface area contributed by atoms with Gasteiger partial charge in [-0.2, -0.15) is 0 Å². The van der Waals surface area contributed by atoms with E-state index in [4.69, 9.17) is 0 Å². The summed E-state index contributed by atoms with van der Waals surface area (Å²) >= 11 is 1.62. The predicted molar refractivity (Wildman–Crippen MR) is 86.3 cm³/mol. The van der Waals surface area contributed by atoms with E-state index in [9.17, 15) is 8.42 Å². The quantitative estimate of drug-likeness (QED) is 0.820. The molecule has 0 amide bonds. The molecule has 2 N–H and O–H groups in total. The van der Waals surface area contributed by atoms with Crippen LogP contribution in [0.1, 0.15) is 17.6 Å². The third kappa shape index (κ3) is 4.26. The maximum atomic E-state index is 12.1. The first-order valence-corrected chi connectivity index (χ1v) is 9.13. The molecule has 0 unspecified atom stereocenters. The average molecular weight is 325 g/mol. The molecule has 2 rings (SSSR count). The molecule has 1 aromatic carbocycles. The number of aryl methyl sites for hydroxylation is 1. The summed E-state index contributed by atoms with van der Waals surface area (Å²) in [4.78, 5) is 4.67. The summed E-state index contributed by atoms with van der Waals surface area (Å²) in [6.45, 7) is 4.74. The van der Waals surface area contributed by atoms with Crippen molar-refractivity contribution in [2.75, 3.05) is 18.4 Å². The second kappa shape index (κ2) is 7.02. The van der Waals surface area contributed by atoms with E-state index < -0.39 is 10.0 Å². The average Bonchev–Trinajstić information content (AvgIpc) is 2.85. The van der Waals surface area contributed by atoms with Crippen LogP contribution in [-0.4, -0.2) is 26.5 Å². The van der Waals surface area contributed by atoms with Gasteiger partial charge in [-0.25, -0.2) is 18.1 Å². The number of hydrogen-bond acceptors (Lipinski definition) is 5. The number of benzene rings is 1. The number of para-hydroxylation sites is 1. The number of sulfonamides is 1. The van der Waals surface area contributed by atoms with Gasteiger partial charge in [0.05, 0.1) is 16.4 Å². The minimum Gasteiger partial charge on any atom is -0.384 e. The van der Waals surface area contributed by atoms with Crippen molar-refractivity contribution < 1.29 is 8.42 Å². The van der Waals surface area contributed by atoms with Gasteiger partial charge >= 0.3 is 0 Å². The Morgan fingerprint density at radius 3 is 2.71 bits per heavy atom. The highest BCUT2D eigenvalue weighted by atomic mass is 32.2. The molecule has 0 aliphatic heterocycles. The molecule has 0 atom stereocenters. The summed E-state index contributed by atoms with van der Waals surface area (Å²) in [6.07, 6.45) is 0.764. The summed E-state index contributed by atoms with van der Waals surface area (Å²) in [6, 6.07) is 6.92. The van der Waals surface area contributed by atoms with Crippen LogP contribution in [0.3, 0.4) is 0 Å². The molecule has 0 aliphatic carbocycles. The van der Waals surface area contributed by atoms with E-state index in [1.54, 1.807) is 36.5 Å². The van der Waals surface area contributed by atoms with E-state index >= 15 is 0 Å². The molecule has 21 heavy (non-hydrogen) atoms. The lowest BCUT2D eigenvalue weighted by Gasteiger charge is -2.12. The molecule has 1 heterocycles. The number of thiazole rings is 1. The Balaban J connectivity index is 2.06. The number of anilines is 1. The molecule has 114 valence electrons. The maximum absolute atomic E-state index is 12.1. The summed E-state index contributed by atoms with van der Waals surface area (Å²) in [5.74, 6) is 0. The van der Waals surface area contributed by atoms with Crippen LogP contribution in [0.25, 0.3) is 0 Å². The molecule has 7 heteroatoms. The van der Waals surface area contributed by atoms with Crippen molar-refractivity contribution in [1.29, 1.82) is 0 Å². The van der Waals surface area contributed by atoms with Crippen LogP contribution in [0.5, 0.6) is 0 Å². The fourth-order valence-electron chi connectivity index (χ4n) is 1.96. The molecular formula is C14H19N3O2S2. The Bertz CT molecular complexity index is 696. The zero-order chi connectivity index (χ0) is 15.3. The number of nitrogens with zero attached hydrogens (tertiary/aromatic N) is 1. The summed E-state index contributed by atoms with van der Waals surface area (Å²) in [5.41, 5.74) is 1.64. The monoisotopic (exact) mass is 325 g/mol. The smallest absolute Gasteiger partial charge is 0.242 e. The topological polar surface area (TPSA) is 71.1 Å². The van der Waals surface area contributed by atoms with Crippen molar-refractivity contribution in [3.05, 3.63) is 40.3 Å². The molecule has 0 saturated carbocycles. The van der Waals surface area contributed by atoms with Crippen LogP contribution in [0, 0.1) is 6.92 Å². The second-order valence-corrected chi connectivity index (χ2v) is 7.33. The van der Waals surface area contributed by atoms with Crippen molar-refractivity contribution >= 4 is 27.0 Å². The van der Waals surface area contributed by atoms with E-state index in [2.05, 4.69) is 15.0 Å². The third-order valence-corrected chi connectivity index (χ3v) is 5.30. The lowest BCUT2D eigenvalue weighted by molar-refractivity contribution is 0.584. The molecule has 2 aromatic rings. The van der Waals surface area contributed by atoms with Crippen LogP contribution in [-0.2, 0) is 16.4 Å². The highest BCUT2D eigenvalue weighted by molar-refractivity contribution is 7.89. The fraction of sp³-hybridized carbons (Fsp3) is 0.357. The van der Waals surface area contributed by atoms with E-state index in [0.717, 1.165) is 17.1 Å². The molecule has 5 nitrogen and oxygen atoms in total. The zero-order valence-electron chi connectivity index (χ0n) is 12.1. The van der Waals surface area contributed by atoms with Crippen molar-refractivity contribution in [2.45, 2.75) is 25.2 Å². The Labute approximate surface area is 129 Å². The van der Waals surface area contributed by atoms with Crippen LogP contribution < -0.4 is 10.0 Å². The third-order valence-electron chi connectivity index (χ3n) is 2.87. The number of aromatic nitrogens is 1. The molecule has 0 radical (unpaired) electrons. The summed E-state index contributed by atoms with van der Waals surface area (Å²) in [7, 11) is -3.46. The first kappa shape index (κ1) is 15.9. The van der Waals surface area contributed by atoms with E-state index in [1.807, 2.05) is 18.4 Å². The first-order valence-electron chi connectivity index (χ1n) is 6.76. The SMILES string of the molecule is CCNS(=O)(=O)c1ccccc1NCCc1csc(C)n1. The van der Waals surface area contributed by atoms with Gasteiger partial charge in [0.15, 0.2) is 0 Å². The molecule has 0 fully saturated rings. The largest absolute Gasteiger partial charge is 0.384 e. The minimum atomic E-state index is -3.46. The van der Waals surface area contributed by atoms with Gasteiger partial charge in [0.2, 0.25) is 10.0 Å². The minimum absolute atomic E-state index is 0.279. The lowest BCUT2D eigenvalue weighted by Crippen LogP contribution is -2.24. The standard InChI is InChI=1S/C14H19N3O2S2/c1-3-16-21(18,19)14-7-5-4-6-13(14)15-9-8-12-10-20-11(2)17-12/h4-7,10,15-16H,3,8-9H2,1-2H3. The van der Waals surface area contributed by atoms with Gasteiger partial charge in [-0.1, -0.05) is 19.1 Å². The Morgan fingerprint density at radius 2 is 2.05 bits per heavy atom. The van der Waals surface area contributed by atoms with Gasteiger partial charge in [-0.15, -0.1) is 11.3 Å². The van der Waals surface area contributed by atoms with E-state index in [-0.39, 0.29) is 4.90 Å². The van der Waals surface area contributed by atoms with Crippen molar-refractivity contribution in [3.63, 3.8) is 0 Å². The molecule has 0 bridgehead atoms. The van der Waals surface area contributed by atoms with Gasteiger partial charge < -0.3 is 5.32 Å². The normalized spacial score (nSPS) is 11.5. The molecule has 1 aromatic heterocycles. The van der Waals surface area contributed by atoms with Crippen LogP contribution in [0.15, 0.2) is 34.5 Å². The maximum Gasteiger partial charge on any atom is 0.242 e. The Hall–Kier alpha value is -1.44. The van der Waals surface area contributed by atoms with E-state index in [1.165, 1.54) is 0 Å². The molecule has 0 saturated heterocycles. The van der Waals surface area contributed by atoms with Gasteiger partial charge in [0.1, 0.15) is 4.90 Å². The van der Waals surface area contributed by atoms with E-state index in [0.29, 0.717) is 18.8 Å². The Kier molecular flexibility index (Phi) is 5.33. The zero-order valence-corrected chi connectivity index (χ0v) is 13.7. The Morgan fingerprint density at radius 1 is 1.29 bits per heavy atom. The fourth-order valence-corrected chi connectivity index (χ4v) is 3.83. The van der Waals surface area contributed by atoms with Gasteiger partial charge in [-0.05, 0) is 19.1 Å². The lowest BCUT2D eigenvalue weighted by atomic mass is 10.3. The predicted octanol–water partition coefficient (Wildman–Crippen LogP) is 2.40. The number of rotatable bonds is 7. The molecule has 0 spiro atoms. The van der Waals surface area contributed by atoms with Crippen molar-refractivity contribution in [2.24, 2.45) is 0 Å². The first-order chi connectivity index (χ1) is 10.0. The summed E-state index contributed by atoms with van der Waals surface area (Å²) < 4.78 is 26.8. The highest BCUT2D eigenvalue weighted by Gasteiger charge is 2.16. The van der Waals surface area contributed by atoms with Gasteiger partial charge in [0, 0.05) is 24.9 Å². The second-order valence-electron chi connectivity index (χ2n) is 4.53. The number of hydrogen-bond donors (Lipinski definition) is 2. The molecular weight excluding hydrogens is 306 g/mol. The number of nitrogens with one attached hydrogen (secondary N) is 2. The summed E-state index contributed by atoms with van der Waals surface area (Å²) in [5, 5.41) is 6.25. The van der Waals surface area contributed by atoms with Gasteiger partial charge in [-0.3, -0.25) is 0 Å². The molecule has 0 aliphatic rings. The van der Waals surface area contributed by atoms with Crippen molar-refractivity contribution in [3.8, 4) is 0 Å². The van der Waals surface area contributed by atoms with Crippen LogP contribution in [0.4, 0.5) is 5.69 Å². The van der Waals surface area contributed by atoms with Crippen LogP contribution in [0.2, 0.25) is 0 Å².